The Morgan fingerprint density at radius 3 is 2.73 bits per heavy atom. The largest absolute Gasteiger partial charge is 0.340 e. The topological polar surface area (TPSA) is 45.2 Å². The van der Waals surface area contributed by atoms with Crippen LogP contribution in [0.1, 0.15) is 27.2 Å². The molecule has 2 heterocycles. The number of aryl methyl sites for hydroxylation is 2. The molecule has 0 saturated carbocycles. The molecule has 0 saturated heterocycles. The molecule has 4 rings (SSSR count). The lowest BCUT2D eigenvalue weighted by Gasteiger charge is -2.19. The van der Waals surface area contributed by atoms with E-state index >= 15 is 0 Å². The van der Waals surface area contributed by atoms with Crippen LogP contribution in [0.2, 0.25) is 0 Å². The van der Waals surface area contributed by atoms with Crippen molar-refractivity contribution in [3.8, 4) is 0 Å². The van der Waals surface area contributed by atoms with E-state index in [2.05, 4.69) is 39.5 Å². The molecule has 1 amide bonds. The first-order valence-electron chi connectivity index (χ1n) is 8.82. The normalized spacial score (nSPS) is 12.8. The molecule has 1 aliphatic rings. The number of amides is 1. The van der Waals surface area contributed by atoms with Crippen molar-refractivity contribution in [2.45, 2.75) is 20.3 Å². The van der Waals surface area contributed by atoms with Crippen LogP contribution in [-0.2, 0) is 6.42 Å². The van der Waals surface area contributed by atoms with Crippen molar-refractivity contribution in [1.29, 1.82) is 0 Å². The molecule has 4 heteroatoms. The average molecular weight is 343 g/mol. The maximum absolute atomic E-state index is 12.5. The Labute approximate surface area is 153 Å². The first-order chi connectivity index (χ1) is 12.6. The van der Waals surface area contributed by atoms with Gasteiger partial charge in [-0.25, -0.2) is 4.98 Å². The summed E-state index contributed by atoms with van der Waals surface area (Å²) >= 11 is 0. The van der Waals surface area contributed by atoms with Crippen LogP contribution < -0.4 is 10.2 Å². The molecule has 0 unspecified atom stereocenters. The Morgan fingerprint density at radius 1 is 1.08 bits per heavy atom. The highest BCUT2D eigenvalue weighted by Gasteiger charge is 2.20. The zero-order valence-corrected chi connectivity index (χ0v) is 15.0. The fourth-order valence-corrected chi connectivity index (χ4v) is 3.34. The second-order valence-corrected chi connectivity index (χ2v) is 6.70. The SMILES string of the molecule is Cc1ccc(C)c(NC(=O)c2ccc(N3CCc4ccccc43)cn2)c1. The van der Waals surface area contributed by atoms with Gasteiger partial charge in [-0.2, -0.15) is 0 Å². The van der Waals surface area contributed by atoms with E-state index < -0.39 is 0 Å². The minimum absolute atomic E-state index is 0.188. The second-order valence-electron chi connectivity index (χ2n) is 6.70. The molecule has 0 spiro atoms. The van der Waals surface area contributed by atoms with Gasteiger partial charge >= 0.3 is 0 Å². The number of nitrogens with zero attached hydrogens (tertiary/aromatic N) is 2. The van der Waals surface area contributed by atoms with Gasteiger partial charge in [-0.15, -0.1) is 0 Å². The van der Waals surface area contributed by atoms with Gasteiger partial charge in [-0.05, 0) is 61.2 Å². The van der Waals surface area contributed by atoms with Crippen LogP contribution in [0.3, 0.4) is 0 Å². The molecule has 0 atom stereocenters. The maximum atomic E-state index is 12.5. The number of hydrogen-bond donors (Lipinski definition) is 1. The quantitative estimate of drug-likeness (QED) is 0.753. The summed E-state index contributed by atoms with van der Waals surface area (Å²) < 4.78 is 0. The molecule has 0 bridgehead atoms. The van der Waals surface area contributed by atoms with E-state index in [1.807, 2.05) is 38.1 Å². The molecule has 2 aromatic carbocycles. The van der Waals surface area contributed by atoms with E-state index in [9.17, 15) is 4.79 Å². The first-order valence-corrected chi connectivity index (χ1v) is 8.82. The molecular weight excluding hydrogens is 322 g/mol. The standard InChI is InChI=1S/C22H21N3O/c1-15-7-8-16(2)20(13-15)24-22(26)19-10-9-18(14-23-19)25-12-11-17-5-3-4-6-21(17)25/h3-10,13-14H,11-12H2,1-2H3,(H,24,26). The van der Waals surface area contributed by atoms with Crippen LogP contribution in [0.15, 0.2) is 60.8 Å². The summed E-state index contributed by atoms with van der Waals surface area (Å²) in [6.07, 6.45) is 2.81. The Balaban J connectivity index is 1.53. The molecule has 26 heavy (non-hydrogen) atoms. The summed E-state index contributed by atoms with van der Waals surface area (Å²) in [5.41, 5.74) is 6.98. The number of nitrogens with one attached hydrogen (secondary N) is 1. The van der Waals surface area contributed by atoms with Gasteiger partial charge in [0.1, 0.15) is 5.69 Å². The van der Waals surface area contributed by atoms with Crippen molar-refractivity contribution in [2.24, 2.45) is 0 Å². The van der Waals surface area contributed by atoms with Crippen molar-refractivity contribution in [3.63, 3.8) is 0 Å². The summed E-state index contributed by atoms with van der Waals surface area (Å²) in [5.74, 6) is -0.188. The minimum Gasteiger partial charge on any atom is -0.340 e. The molecule has 3 aromatic rings. The van der Waals surface area contributed by atoms with Gasteiger partial charge in [0.15, 0.2) is 0 Å². The molecule has 130 valence electrons. The van der Waals surface area contributed by atoms with Gasteiger partial charge in [0.05, 0.1) is 11.9 Å². The number of carbonyl (C=O) groups is 1. The van der Waals surface area contributed by atoms with Crippen molar-refractivity contribution < 1.29 is 4.79 Å². The van der Waals surface area contributed by atoms with E-state index in [0.29, 0.717) is 5.69 Å². The lowest BCUT2D eigenvalue weighted by molar-refractivity contribution is 0.102. The summed E-state index contributed by atoms with van der Waals surface area (Å²) in [6.45, 7) is 4.93. The number of fused-ring (bicyclic) bond motifs is 1. The number of hydrogen-bond acceptors (Lipinski definition) is 3. The first kappa shape index (κ1) is 16.3. The Kier molecular flexibility index (Phi) is 4.17. The molecule has 0 radical (unpaired) electrons. The molecule has 1 aromatic heterocycles. The number of carbonyl (C=O) groups excluding carboxylic acids is 1. The smallest absolute Gasteiger partial charge is 0.274 e. The van der Waals surface area contributed by atoms with Crippen LogP contribution in [0.5, 0.6) is 0 Å². The van der Waals surface area contributed by atoms with Crippen molar-refractivity contribution in [1.82, 2.24) is 4.98 Å². The van der Waals surface area contributed by atoms with E-state index in [1.165, 1.54) is 11.3 Å². The molecule has 0 aliphatic carbocycles. The highest BCUT2D eigenvalue weighted by Crippen LogP contribution is 2.33. The average Bonchev–Trinajstić information content (AvgIpc) is 3.09. The van der Waals surface area contributed by atoms with Crippen LogP contribution in [0.25, 0.3) is 0 Å². The third-order valence-corrected chi connectivity index (χ3v) is 4.82. The summed E-state index contributed by atoms with van der Waals surface area (Å²) in [7, 11) is 0. The lowest BCUT2D eigenvalue weighted by Crippen LogP contribution is -2.16. The van der Waals surface area contributed by atoms with Gasteiger partial charge in [0.2, 0.25) is 0 Å². The van der Waals surface area contributed by atoms with E-state index in [-0.39, 0.29) is 5.91 Å². The van der Waals surface area contributed by atoms with Gasteiger partial charge < -0.3 is 10.2 Å². The molecule has 1 aliphatic heterocycles. The van der Waals surface area contributed by atoms with E-state index in [1.54, 1.807) is 12.3 Å². The predicted octanol–water partition coefficient (Wildman–Crippen LogP) is 4.64. The Hall–Kier alpha value is -3.14. The monoisotopic (exact) mass is 343 g/mol. The number of aromatic nitrogens is 1. The number of rotatable bonds is 3. The number of anilines is 3. The van der Waals surface area contributed by atoms with Gasteiger partial charge in [-0.1, -0.05) is 30.3 Å². The van der Waals surface area contributed by atoms with Crippen LogP contribution >= 0.6 is 0 Å². The maximum Gasteiger partial charge on any atom is 0.274 e. The third-order valence-electron chi connectivity index (χ3n) is 4.82. The summed E-state index contributed by atoms with van der Waals surface area (Å²) in [4.78, 5) is 19.2. The number of benzene rings is 2. The molecule has 0 fully saturated rings. The lowest BCUT2D eigenvalue weighted by atomic mass is 10.1. The Bertz CT molecular complexity index is 963. The fraction of sp³-hybridized carbons (Fsp3) is 0.182. The van der Waals surface area contributed by atoms with E-state index in [0.717, 1.165) is 35.5 Å². The minimum atomic E-state index is -0.188. The number of para-hydroxylation sites is 1. The van der Waals surface area contributed by atoms with Crippen molar-refractivity contribution in [2.75, 3.05) is 16.8 Å². The fourth-order valence-electron chi connectivity index (χ4n) is 3.34. The summed E-state index contributed by atoms with van der Waals surface area (Å²) in [5, 5.41) is 2.96. The second kappa shape index (κ2) is 6.64. The van der Waals surface area contributed by atoms with Crippen LogP contribution in [0, 0.1) is 13.8 Å². The van der Waals surface area contributed by atoms with Gasteiger partial charge in [-0.3, -0.25) is 4.79 Å². The summed E-state index contributed by atoms with van der Waals surface area (Å²) in [6, 6.07) is 18.2. The van der Waals surface area contributed by atoms with Crippen LogP contribution in [-0.4, -0.2) is 17.4 Å². The molecular formula is C22H21N3O. The van der Waals surface area contributed by atoms with Crippen molar-refractivity contribution >= 4 is 23.0 Å². The van der Waals surface area contributed by atoms with Crippen molar-refractivity contribution in [3.05, 3.63) is 83.2 Å². The zero-order valence-electron chi connectivity index (χ0n) is 15.0. The predicted molar refractivity (Wildman–Crippen MR) is 105 cm³/mol. The highest BCUT2D eigenvalue weighted by atomic mass is 16.1. The Morgan fingerprint density at radius 2 is 1.92 bits per heavy atom. The van der Waals surface area contributed by atoms with Gasteiger partial charge in [0, 0.05) is 17.9 Å². The molecule has 1 N–H and O–H groups in total. The highest BCUT2D eigenvalue weighted by molar-refractivity contribution is 6.03. The zero-order chi connectivity index (χ0) is 18.1. The van der Waals surface area contributed by atoms with Crippen LogP contribution in [0.4, 0.5) is 17.1 Å². The third kappa shape index (κ3) is 3.06. The van der Waals surface area contributed by atoms with E-state index in [4.69, 9.17) is 0 Å². The van der Waals surface area contributed by atoms with Gasteiger partial charge in [0.25, 0.3) is 5.91 Å². The molecule has 4 nitrogen and oxygen atoms in total. The number of pyridine rings is 1.